The average molecular weight is 334 g/mol. The van der Waals surface area contributed by atoms with Crippen molar-refractivity contribution in [1.82, 2.24) is 4.57 Å². The van der Waals surface area contributed by atoms with Crippen molar-refractivity contribution in [2.45, 2.75) is 13.3 Å². The van der Waals surface area contributed by atoms with E-state index in [0.717, 1.165) is 17.5 Å². The lowest BCUT2D eigenvalue weighted by atomic mass is 10.1. The molecule has 0 spiro atoms. The lowest BCUT2D eigenvalue weighted by Gasteiger charge is -2.16. The lowest BCUT2D eigenvalue weighted by molar-refractivity contribution is 0.0941. The third-order valence-electron chi connectivity index (χ3n) is 4.71. The molecule has 5 nitrogen and oxygen atoms in total. The van der Waals surface area contributed by atoms with Crippen LogP contribution in [0.4, 0.5) is 5.69 Å². The molecule has 3 aromatic rings. The molecule has 0 aliphatic carbocycles. The molecular weight excluding hydrogens is 316 g/mol. The number of ether oxygens (including phenoxy) is 1. The standard InChI is InChI=1S/C20H18N2O3/c1-13(23)22-12-17(16-11-15(25-2)7-8-19(16)22)20(24)21-10-9-14-5-3-4-6-18(14)21/h3-8,11-12H,9-10H2,1-2H3. The first-order valence-electron chi connectivity index (χ1n) is 8.20. The van der Waals surface area contributed by atoms with Gasteiger partial charge in [0.1, 0.15) is 5.75 Å². The highest BCUT2D eigenvalue weighted by Crippen LogP contribution is 2.32. The van der Waals surface area contributed by atoms with Gasteiger partial charge in [-0.15, -0.1) is 0 Å². The second-order valence-corrected chi connectivity index (χ2v) is 6.15. The predicted molar refractivity (Wildman–Crippen MR) is 96.6 cm³/mol. The molecule has 1 aliphatic rings. The number of para-hydroxylation sites is 1. The molecule has 4 rings (SSSR count). The van der Waals surface area contributed by atoms with Crippen molar-refractivity contribution < 1.29 is 14.3 Å². The number of amides is 1. The van der Waals surface area contributed by atoms with Crippen molar-refractivity contribution in [3.63, 3.8) is 0 Å². The number of aromatic nitrogens is 1. The average Bonchev–Trinajstić information content (AvgIpc) is 3.22. The van der Waals surface area contributed by atoms with Gasteiger partial charge in [0.2, 0.25) is 5.91 Å². The Labute approximate surface area is 145 Å². The molecule has 2 heterocycles. The van der Waals surface area contributed by atoms with E-state index in [1.54, 1.807) is 24.3 Å². The maximum atomic E-state index is 13.2. The van der Waals surface area contributed by atoms with Gasteiger partial charge in [0.05, 0.1) is 18.2 Å². The summed E-state index contributed by atoms with van der Waals surface area (Å²) in [5.74, 6) is 0.434. The van der Waals surface area contributed by atoms with Crippen LogP contribution in [0.5, 0.6) is 5.75 Å². The fraction of sp³-hybridized carbons (Fsp3) is 0.200. The van der Waals surface area contributed by atoms with E-state index >= 15 is 0 Å². The maximum Gasteiger partial charge on any atom is 0.260 e. The Hall–Kier alpha value is -3.08. The van der Waals surface area contributed by atoms with Crippen LogP contribution in [0.2, 0.25) is 0 Å². The van der Waals surface area contributed by atoms with Gasteiger partial charge in [-0.25, -0.2) is 0 Å². The van der Waals surface area contributed by atoms with E-state index < -0.39 is 0 Å². The molecule has 0 fully saturated rings. The van der Waals surface area contributed by atoms with Gasteiger partial charge in [0.25, 0.3) is 5.91 Å². The van der Waals surface area contributed by atoms with Crippen molar-refractivity contribution in [2.24, 2.45) is 0 Å². The molecule has 1 aromatic heterocycles. The summed E-state index contributed by atoms with van der Waals surface area (Å²) in [6.07, 6.45) is 2.48. The Bertz CT molecular complexity index is 1000. The zero-order valence-corrected chi connectivity index (χ0v) is 14.2. The Balaban J connectivity index is 1.86. The molecule has 0 saturated heterocycles. The summed E-state index contributed by atoms with van der Waals surface area (Å²) in [6, 6.07) is 13.3. The predicted octanol–water partition coefficient (Wildman–Crippen LogP) is 3.51. The highest BCUT2D eigenvalue weighted by atomic mass is 16.5. The molecule has 1 aliphatic heterocycles. The number of methoxy groups -OCH3 is 1. The van der Waals surface area contributed by atoms with Gasteiger partial charge in [-0.1, -0.05) is 18.2 Å². The van der Waals surface area contributed by atoms with E-state index in [-0.39, 0.29) is 11.8 Å². The van der Waals surface area contributed by atoms with E-state index in [0.29, 0.717) is 23.4 Å². The van der Waals surface area contributed by atoms with Crippen LogP contribution in [-0.4, -0.2) is 30.0 Å². The van der Waals surface area contributed by atoms with Crippen LogP contribution in [0.15, 0.2) is 48.7 Å². The van der Waals surface area contributed by atoms with Crippen LogP contribution in [0.3, 0.4) is 0 Å². The fourth-order valence-corrected chi connectivity index (χ4v) is 3.46. The molecule has 0 saturated carbocycles. The Morgan fingerprint density at radius 3 is 2.68 bits per heavy atom. The maximum absolute atomic E-state index is 13.2. The summed E-state index contributed by atoms with van der Waals surface area (Å²) in [7, 11) is 1.58. The molecule has 25 heavy (non-hydrogen) atoms. The normalized spacial score (nSPS) is 13.1. The number of carbonyl (C=O) groups excluding carboxylic acids is 2. The van der Waals surface area contributed by atoms with Crippen LogP contribution >= 0.6 is 0 Å². The molecular formula is C20H18N2O3. The number of fused-ring (bicyclic) bond motifs is 2. The van der Waals surface area contributed by atoms with Crippen LogP contribution < -0.4 is 9.64 Å². The van der Waals surface area contributed by atoms with Crippen LogP contribution in [-0.2, 0) is 6.42 Å². The minimum absolute atomic E-state index is 0.0943. The van der Waals surface area contributed by atoms with Gasteiger partial charge in [-0.2, -0.15) is 0 Å². The SMILES string of the molecule is COc1ccc2c(c1)c(C(=O)N1CCc3ccccc31)cn2C(C)=O. The molecule has 0 bridgehead atoms. The topological polar surface area (TPSA) is 51.5 Å². The van der Waals surface area contributed by atoms with Crippen molar-refractivity contribution in [3.8, 4) is 5.75 Å². The smallest absolute Gasteiger partial charge is 0.260 e. The Kier molecular flexibility index (Phi) is 3.57. The first-order chi connectivity index (χ1) is 12.1. The third kappa shape index (κ3) is 2.39. The number of hydrogen-bond acceptors (Lipinski definition) is 3. The number of hydrogen-bond donors (Lipinski definition) is 0. The lowest BCUT2D eigenvalue weighted by Crippen LogP contribution is -2.28. The van der Waals surface area contributed by atoms with Crippen molar-refractivity contribution >= 4 is 28.4 Å². The zero-order valence-electron chi connectivity index (χ0n) is 14.2. The van der Waals surface area contributed by atoms with Gasteiger partial charge >= 0.3 is 0 Å². The monoisotopic (exact) mass is 334 g/mol. The van der Waals surface area contributed by atoms with Crippen molar-refractivity contribution in [1.29, 1.82) is 0 Å². The first-order valence-corrected chi connectivity index (χ1v) is 8.20. The fourth-order valence-electron chi connectivity index (χ4n) is 3.46. The van der Waals surface area contributed by atoms with Crippen molar-refractivity contribution in [2.75, 3.05) is 18.6 Å². The highest BCUT2D eigenvalue weighted by molar-refractivity contribution is 6.16. The number of rotatable bonds is 2. The van der Waals surface area contributed by atoms with E-state index in [1.165, 1.54) is 17.1 Å². The Morgan fingerprint density at radius 2 is 1.92 bits per heavy atom. The van der Waals surface area contributed by atoms with Crippen LogP contribution in [0.25, 0.3) is 10.9 Å². The van der Waals surface area contributed by atoms with Gasteiger partial charge in [-0.3, -0.25) is 14.2 Å². The summed E-state index contributed by atoms with van der Waals surface area (Å²) >= 11 is 0. The van der Waals surface area contributed by atoms with Crippen molar-refractivity contribution in [3.05, 3.63) is 59.8 Å². The molecule has 0 atom stereocenters. The number of anilines is 1. The zero-order chi connectivity index (χ0) is 17.6. The largest absolute Gasteiger partial charge is 0.497 e. The first kappa shape index (κ1) is 15.4. The van der Waals surface area contributed by atoms with E-state index in [2.05, 4.69) is 0 Å². The van der Waals surface area contributed by atoms with Gasteiger partial charge in [0.15, 0.2) is 0 Å². The molecule has 0 radical (unpaired) electrons. The highest BCUT2D eigenvalue weighted by Gasteiger charge is 2.28. The van der Waals surface area contributed by atoms with E-state index in [1.807, 2.05) is 36.4 Å². The third-order valence-corrected chi connectivity index (χ3v) is 4.71. The van der Waals surface area contributed by atoms with Crippen LogP contribution in [0.1, 0.15) is 27.6 Å². The Morgan fingerprint density at radius 1 is 1.12 bits per heavy atom. The summed E-state index contributed by atoms with van der Waals surface area (Å²) in [6.45, 7) is 2.14. The minimum Gasteiger partial charge on any atom is -0.497 e. The summed E-state index contributed by atoms with van der Waals surface area (Å²) in [5.41, 5.74) is 3.34. The summed E-state index contributed by atoms with van der Waals surface area (Å²) in [4.78, 5) is 27.0. The summed E-state index contributed by atoms with van der Waals surface area (Å²) in [5, 5.41) is 0.726. The quantitative estimate of drug-likeness (QED) is 0.720. The number of nitrogens with zero attached hydrogens (tertiary/aromatic N) is 2. The van der Waals surface area contributed by atoms with Gasteiger partial charge in [-0.05, 0) is 36.2 Å². The van der Waals surface area contributed by atoms with Gasteiger partial charge in [0, 0.05) is 30.7 Å². The van der Waals surface area contributed by atoms with E-state index in [4.69, 9.17) is 4.74 Å². The molecule has 126 valence electrons. The minimum atomic E-state index is -0.129. The molecule has 0 unspecified atom stereocenters. The molecule has 0 N–H and O–H groups in total. The molecule has 5 heteroatoms. The summed E-state index contributed by atoms with van der Waals surface area (Å²) < 4.78 is 6.81. The number of carbonyl (C=O) groups is 2. The van der Waals surface area contributed by atoms with Gasteiger partial charge < -0.3 is 9.64 Å². The number of benzene rings is 2. The molecule has 1 amide bonds. The molecule has 2 aromatic carbocycles. The van der Waals surface area contributed by atoms with Crippen LogP contribution in [0, 0.1) is 0 Å². The van der Waals surface area contributed by atoms with E-state index in [9.17, 15) is 9.59 Å². The second-order valence-electron chi connectivity index (χ2n) is 6.15. The second kappa shape index (κ2) is 5.77.